The number of hydrogen-bond acceptors (Lipinski definition) is 2. The van der Waals surface area contributed by atoms with Crippen molar-refractivity contribution in [3.8, 4) is 0 Å². The molecular weight excluding hydrogens is 255 g/mol. The van der Waals surface area contributed by atoms with Crippen molar-refractivity contribution < 1.29 is 9.18 Å². The van der Waals surface area contributed by atoms with E-state index in [4.69, 9.17) is 5.73 Å². The Bertz CT molecular complexity index is 381. The van der Waals surface area contributed by atoms with Crippen LogP contribution in [-0.2, 0) is 11.3 Å². The van der Waals surface area contributed by atoms with Gasteiger partial charge in [0.15, 0.2) is 0 Å². The van der Waals surface area contributed by atoms with E-state index in [-0.39, 0.29) is 36.1 Å². The van der Waals surface area contributed by atoms with Gasteiger partial charge in [0.25, 0.3) is 0 Å². The highest BCUT2D eigenvalue weighted by Crippen LogP contribution is 2.10. The van der Waals surface area contributed by atoms with Crippen LogP contribution in [-0.4, -0.2) is 23.9 Å². The van der Waals surface area contributed by atoms with E-state index in [9.17, 15) is 9.18 Å². The van der Waals surface area contributed by atoms with Crippen LogP contribution in [0.2, 0.25) is 0 Å². The Morgan fingerprint density at radius 1 is 1.33 bits per heavy atom. The first-order valence-electron chi connectivity index (χ1n) is 5.67. The average molecular weight is 275 g/mol. The van der Waals surface area contributed by atoms with Crippen LogP contribution in [0.5, 0.6) is 0 Å². The van der Waals surface area contributed by atoms with Gasteiger partial charge in [-0.15, -0.1) is 12.4 Å². The fourth-order valence-electron chi connectivity index (χ4n) is 1.51. The number of carbonyl (C=O) groups excluding carboxylic acids is 1. The molecule has 0 saturated heterocycles. The predicted octanol–water partition coefficient (Wildman–Crippen LogP) is 2.19. The molecule has 1 amide bonds. The molecule has 1 aromatic rings. The SMILES string of the molecule is CC(N)C(C)C(=O)N(C)Cc1ccc(F)cc1.Cl. The minimum atomic E-state index is -0.272. The van der Waals surface area contributed by atoms with E-state index >= 15 is 0 Å². The third kappa shape index (κ3) is 4.63. The Morgan fingerprint density at radius 2 is 1.83 bits per heavy atom. The monoisotopic (exact) mass is 274 g/mol. The molecule has 0 saturated carbocycles. The summed E-state index contributed by atoms with van der Waals surface area (Å²) >= 11 is 0. The van der Waals surface area contributed by atoms with Crippen molar-refractivity contribution in [1.29, 1.82) is 0 Å². The van der Waals surface area contributed by atoms with Crippen LogP contribution in [0.15, 0.2) is 24.3 Å². The summed E-state index contributed by atoms with van der Waals surface area (Å²) in [5.41, 5.74) is 6.59. The lowest BCUT2D eigenvalue weighted by Gasteiger charge is -2.23. The molecule has 102 valence electrons. The number of benzene rings is 1. The highest BCUT2D eigenvalue weighted by atomic mass is 35.5. The topological polar surface area (TPSA) is 46.3 Å². The Labute approximate surface area is 114 Å². The zero-order valence-corrected chi connectivity index (χ0v) is 11.7. The number of nitrogens with zero attached hydrogens (tertiary/aromatic N) is 1. The minimum Gasteiger partial charge on any atom is -0.341 e. The fraction of sp³-hybridized carbons (Fsp3) is 0.462. The number of hydrogen-bond donors (Lipinski definition) is 1. The smallest absolute Gasteiger partial charge is 0.226 e. The van der Waals surface area contributed by atoms with Gasteiger partial charge >= 0.3 is 0 Å². The summed E-state index contributed by atoms with van der Waals surface area (Å²) in [6.07, 6.45) is 0. The maximum Gasteiger partial charge on any atom is 0.226 e. The third-order valence-electron chi connectivity index (χ3n) is 2.89. The third-order valence-corrected chi connectivity index (χ3v) is 2.89. The van der Waals surface area contributed by atoms with Crippen LogP contribution in [0.4, 0.5) is 4.39 Å². The number of halogens is 2. The molecule has 18 heavy (non-hydrogen) atoms. The lowest BCUT2D eigenvalue weighted by atomic mass is 10.0. The highest BCUT2D eigenvalue weighted by molar-refractivity contribution is 5.85. The summed E-state index contributed by atoms with van der Waals surface area (Å²) in [4.78, 5) is 13.5. The zero-order chi connectivity index (χ0) is 13.0. The molecule has 0 aliphatic carbocycles. The minimum absolute atomic E-state index is 0. The highest BCUT2D eigenvalue weighted by Gasteiger charge is 2.20. The van der Waals surface area contributed by atoms with Gasteiger partial charge in [0.2, 0.25) is 5.91 Å². The van der Waals surface area contributed by atoms with Crippen molar-refractivity contribution in [3.63, 3.8) is 0 Å². The number of nitrogens with two attached hydrogens (primary N) is 1. The van der Waals surface area contributed by atoms with Crippen LogP contribution in [0, 0.1) is 11.7 Å². The molecule has 1 aromatic carbocycles. The lowest BCUT2D eigenvalue weighted by Crippen LogP contribution is -2.39. The Morgan fingerprint density at radius 3 is 2.28 bits per heavy atom. The van der Waals surface area contributed by atoms with Gasteiger partial charge in [-0.3, -0.25) is 4.79 Å². The van der Waals surface area contributed by atoms with Crippen molar-refractivity contribution in [2.75, 3.05) is 7.05 Å². The molecule has 2 unspecified atom stereocenters. The fourth-order valence-corrected chi connectivity index (χ4v) is 1.51. The van der Waals surface area contributed by atoms with E-state index < -0.39 is 0 Å². The normalized spacial score (nSPS) is 13.4. The second kappa shape index (κ2) is 7.34. The summed E-state index contributed by atoms with van der Waals surface area (Å²) in [5, 5.41) is 0. The van der Waals surface area contributed by atoms with Gasteiger partial charge in [0, 0.05) is 19.6 Å². The quantitative estimate of drug-likeness (QED) is 0.915. The van der Waals surface area contributed by atoms with Crippen molar-refractivity contribution >= 4 is 18.3 Å². The molecule has 0 fully saturated rings. The molecule has 0 spiro atoms. The largest absolute Gasteiger partial charge is 0.341 e. The van der Waals surface area contributed by atoms with E-state index in [1.54, 1.807) is 24.1 Å². The summed E-state index contributed by atoms with van der Waals surface area (Å²) in [5.74, 6) is -0.476. The molecule has 3 nitrogen and oxygen atoms in total. The summed E-state index contributed by atoms with van der Waals surface area (Å²) in [6, 6.07) is 5.97. The molecule has 0 aliphatic heterocycles. The first-order valence-corrected chi connectivity index (χ1v) is 5.67. The number of rotatable bonds is 4. The Balaban J connectivity index is 0.00000289. The van der Waals surface area contributed by atoms with Crippen LogP contribution < -0.4 is 5.73 Å². The lowest BCUT2D eigenvalue weighted by molar-refractivity contribution is -0.134. The number of amides is 1. The van der Waals surface area contributed by atoms with Crippen LogP contribution in [0.25, 0.3) is 0 Å². The van der Waals surface area contributed by atoms with Gasteiger partial charge in [0.05, 0.1) is 5.92 Å². The Kier molecular flexibility index (Phi) is 6.88. The van der Waals surface area contributed by atoms with Crippen molar-refractivity contribution in [2.24, 2.45) is 11.7 Å². The van der Waals surface area contributed by atoms with Crippen molar-refractivity contribution in [1.82, 2.24) is 4.90 Å². The second-order valence-corrected chi connectivity index (χ2v) is 4.47. The van der Waals surface area contributed by atoms with Crippen LogP contribution >= 0.6 is 12.4 Å². The summed E-state index contributed by atoms with van der Waals surface area (Å²) in [7, 11) is 1.73. The van der Waals surface area contributed by atoms with Crippen molar-refractivity contribution in [3.05, 3.63) is 35.6 Å². The molecule has 5 heteroatoms. The van der Waals surface area contributed by atoms with E-state index in [0.29, 0.717) is 6.54 Å². The van der Waals surface area contributed by atoms with E-state index in [1.807, 2.05) is 13.8 Å². The molecule has 2 N–H and O–H groups in total. The predicted molar refractivity (Wildman–Crippen MR) is 72.9 cm³/mol. The molecule has 2 atom stereocenters. The second-order valence-electron chi connectivity index (χ2n) is 4.47. The molecule has 0 aliphatic rings. The van der Waals surface area contributed by atoms with Crippen molar-refractivity contribution in [2.45, 2.75) is 26.4 Å². The molecule has 0 bridgehead atoms. The molecule has 0 radical (unpaired) electrons. The van der Waals surface area contributed by atoms with Gasteiger partial charge in [-0.05, 0) is 24.6 Å². The first-order chi connectivity index (χ1) is 7.91. The molecule has 0 aromatic heterocycles. The zero-order valence-electron chi connectivity index (χ0n) is 10.9. The average Bonchev–Trinajstić information content (AvgIpc) is 2.30. The summed E-state index contributed by atoms with van der Waals surface area (Å²) < 4.78 is 12.7. The van der Waals surface area contributed by atoms with Gasteiger partial charge in [-0.25, -0.2) is 4.39 Å². The van der Waals surface area contributed by atoms with Gasteiger partial charge in [-0.2, -0.15) is 0 Å². The maximum absolute atomic E-state index is 12.7. The molecule has 1 rings (SSSR count). The van der Waals surface area contributed by atoms with Crippen LogP contribution in [0.1, 0.15) is 19.4 Å². The summed E-state index contributed by atoms with van der Waals surface area (Å²) in [6.45, 7) is 4.10. The van der Waals surface area contributed by atoms with Gasteiger partial charge < -0.3 is 10.6 Å². The van der Waals surface area contributed by atoms with E-state index in [2.05, 4.69) is 0 Å². The van der Waals surface area contributed by atoms with Crippen LogP contribution in [0.3, 0.4) is 0 Å². The molecule has 0 heterocycles. The van der Waals surface area contributed by atoms with Gasteiger partial charge in [-0.1, -0.05) is 19.1 Å². The maximum atomic E-state index is 12.7. The number of carbonyl (C=O) groups is 1. The molecular formula is C13H20ClFN2O. The Hall–Kier alpha value is -1.13. The van der Waals surface area contributed by atoms with Gasteiger partial charge in [0.1, 0.15) is 5.82 Å². The standard InChI is InChI=1S/C13H19FN2O.ClH/c1-9(10(2)15)13(17)16(3)8-11-4-6-12(14)7-5-11;/h4-7,9-10H,8,15H2,1-3H3;1H. The first kappa shape index (κ1) is 16.9. The van der Waals surface area contributed by atoms with E-state index in [0.717, 1.165) is 5.56 Å². The van der Waals surface area contributed by atoms with E-state index in [1.165, 1.54) is 12.1 Å².